The fourth-order valence-electron chi connectivity index (χ4n) is 2.47. The number of hydrogen-bond donors (Lipinski definition) is 1. The maximum absolute atomic E-state index is 12.6. The highest BCUT2D eigenvalue weighted by molar-refractivity contribution is 7.99. The van der Waals surface area contributed by atoms with Gasteiger partial charge in [-0.15, -0.1) is 0 Å². The highest BCUT2D eigenvalue weighted by atomic mass is 32.2. The Morgan fingerprint density at radius 3 is 2.89 bits per heavy atom. The van der Waals surface area contributed by atoms with Gasteiger partial charge in [0.1, 0.15) is 10.8 Å². The summed E-state index contributed by atoms with van der Waals surface area (Å²) in [6, 6.07) is 13.8. The van der Waals surface area contributed by atoms with Gasteiger partial charge in [0.15, 0.2) is 0 Å². The summed E-state index contributed by atoms with van der Waals surface area (Å²) in [6.45, 7) is 4.74. The van der Waals surface area contributed by atoms with Gasteiger partial charge in [-0.2, -0.15) is 11.8 Å². The van der Waals surface area contributed by atoms with Crippen molar-refractivity contribution in [2.45, 2.75) is 29.5 Å². The summed E-state index contributed by atoms with van der Waals surface area (Å²) in [5.74, 6) is 2.50. The van der Waals surface area contributed by atoms with Crippen molar-refractivity contribution in [2.75, 3.05) is 12.3 Å². The number of benzene rings is 1. The van der Waals surface area contributed by atoms with Crippen molar-refractivity contribution in [3.8, 4) is 0 Å². The van der Waals surface area contributed by atoms with E-state index in [1.807, 2.05) is 18.2 Å². The average Bonchev–Trinajstić information content (AvgIpc) is 3.18. The summed E-state index contributed by atoms with van der Waals surface area (Å²) in [5.41, 5.74) is 2.98. The Balaban J connectivity index is 1.57. The van der Waals surface area contributed by atoms with Crippen molar-refractivity contribution in [2.24, 2.45) is 0 Å². The normalized spacial score (nSPS) is 10.7. The van der Waals surface area contributed by atoms with E-state index in [0.717, 1.165) is 27.2 Å². The Hall–Kier alpha value is -2.18. The van der Waals surface area contributed by atoms with Gasteiger partial charge in [-0.05, 0) is 55.3 Å². The molecule has 0 spiro atoms. The second-order valence-electron chi connectivity index (χ2n) is 6.11. The molecule has 0 aliphatic rings. The number of furan rings is 1. The number of amides is 1. The van der Waals surface area contributed by atoms with Crippen molar-refractivity contribution < 1.29 is 9.21 Å². The third-order valence-corrected chi connectivity index (χ3v) is 6.08. The van der Waals surface area contributed by atoms with Gasteiger partial charge < -0.3 is 9.73 Å². The lowest BCUT2D eigenvalue weighted by Crippen LogP contribution is -2.26. The molecule has 1 N–H and O–H groups in total. The third kappa shape index (κ3) is 5.65. The molecule has 0 unspecified atom stereocenters. The number of nitrogens with zero attached hydrogens (tertiary/aromatic N) is 1. The molecule has 0 radical (unpaired) electrons. The molecular weight excluding hydrogens is 376 g/mol. The van der Waals surface area contributed by atoms with E-state index in [-0.39, 0.29) is 5.91 Å². The second-order valence-corrected chi connectivity index (χ2v) is 8.25. The Bertz CT molecular complexity index is 895. The maximum atomic E-state index is 12.6. The molecule has 140 valence electrons. The molecule has 0 aliphatic carbocycles. The third-order valence-electron chi connectivity index (χ3n) is 3.92. The Labute approximate surface area is 168 Å². The molecule has 6 heteroatoms. The first-order chi connectivity index (χ1) is 13.1. The molecule has 0 fully saturated rings. The lowest BCUT2D eigenvalue weighted by Gasteiger charge is -2.11. The molecule has 0 atom stereocenters. The predicted octanol–water partition coefficient (Wildman–Crippen LogP) is 5.11. The quantitative estimate of drug-likeness (QED) is 0.535. The monoisotopic (exact) mass is 398 g/mol. The fourth-order valence-corrected chi connectivity index (χ4v) is 4.29. The van der Waals surface area contributed by atoms with Crippen LogP contribution < -0.4 is 5.32 Å². The highest BCUT2D eigenvalue weighted by Gasteiger charge is 2.14. The number of pyridine rings is 1. The molecule has 2 heterocycles. The van der Waals surface area contributed by atoms with Gasteiger partial charge in [0, 0.05) is 23.4 Å². The van der Waals surface area contributed by atoms with Crippen LogP contribution in [-0.2, 0) is 5.75 Å². The molecule has 3 aromatic rings. The van der Waals surface area contributed by atoms with E-state index in [2.05, 4.69) is 42.3 Å². The molecule has 27 heavy (non-hydrogen) atoms. The van der Waals surface area contributed by atoms with Gasteiger partial charge in [0.05, 0.1) is 17.6 Å². The molecule has 2 aromatic heterocycles. The van der Waals surface area contributed by atoms with Crippen LogP contribution in [0.3, 0.4) is 0 Å². The first kappa shape index (κ1) is 19.6. The molecule has 0 saturated carbocycles. The number of carbonyl (C=O) groups excluding carboxylic acids is 1. The largest absolute Gasteiger partial charge is 0.468 e. The molecular formula is C21H22N2O2S2. The number of thioether (sulfide) groups is 1. The van der Waals surface area contributed by atoms with Gasteiger partial charge >= 0.3 is 0 Å². The number of nitrogens with one attached hydrogen (secondary N) is 1. The minimum absolute atomic E-state index is 0.0884. The van der Waals surface area contributed by atoms with Crippen LogP contribution >= 0.6 is 23.5 Å². The Morgan fingerprint density at radius 1 is 1.19 bits per heavy atom. The smallest absolute Gasteiger partial charge is 0.254 e. The van der Waals surface area contributed by atoms with Crippen LogP contribution in [0.25, 0.3) is 0 Å². The van der Waals surface area contributed by atoms with E-state index >= 15 is 0 Å². The highest BCUT2D eigenvalue weighted by Crippen LogP contribution is 2.31. The summed E-state index contributed by atoms with van der Waals surface area (Å²) in [7, 11) is 0. The number of hydrogen-bond acceptors (Lipinski definition) is 5. The van der Waals surface area contributed by atoms with Crippen LogP contribution in [0.15, 0.2) is 69.3 Å². The predicted molar refractivity (Wildman–Crippen MR) is 111 cm³/mol. The van der Waals surface area contributed by atoms with Crippen LogP contribution in [0.4, 0.5) is 0 Å². The van der Waals surface area contributed by atoms with Gasteiger partial charge in [0.25, 0.3) is 5.91 Å². The summed E-state index contributed by atoms with van der Waals surface area (Å²) >= 11 is 3.26. The molecule has 4 nitrogen and oxygen atoms in total. The lowest BCUT2D eigenvalue weighted by atomic mass is 10.2. The zero-order chi connectivity index (χ0) is 19.1. The number of aromatic nitrogens is 1. The number of carbonyl (C=O) groups is 1. The van der Waals surface area contributed by atoms with Crippen molar-refractivity contribution >= 4 is 29.4 Å². The van der Waals surface area contributed by atoms with E-state index in [0.29, 0.717) is 12.1 Å². The maximum Gasteiger partial charge on any atom is 0.254 e. The standard InChI is InChI=1S/C21H22N2O2S2/c1-15-7-8-16(2)19(13-15)27-21-18(6-3-9-23-21)20(24)22-10-12-26-14-17-5-4-11-25-17/h3-9,11,13H,10,12,14H2,1-2H3,(H,22,24). The molecule has 1 aromatic carbocycles. The topological polar surface area (TPSA) is 55.1 Å². The number of rotatable bonds is 8. The minimum Gasteiger partial charge on any atom is -0.468 e. The summed E-state index contributed by atoms with van der Waals surface area (Å²) in [6.07, 6.45) is 3.40. The molecule has 0 aliphatic heterocycles. The van der Waals surface area contributed by atoms with Crippen molar-refractivity contribution in [3.05, 3.63) is 77.4 Å². The fraction of sp³-hybridized carbons (Fsp3) is 0.238. The summed E-state index contributed by atoms with van der Waals surface area (Å²) < 4.78 is 5.30. The average molecular weight is 399 g/mol. The zero-order valence-corrected chi connectivity index (χ0v) is 17.0. The van der Waals surface area contributed by atoms with E-state index in [1.165, 1.54) is 22.9 Å². The molecule has 0 saturated heterocycles. The van der Waals surface area contributed by atoms with E-state index in [4.69, 9.17) is 4.42 Å². The molecule has 0 bridgehead atoms. The van der Waals surface area contributed by atoms with Crippen molar-refractivity contribution in [1.82, 2.24) is 10.3 Å². The van der Waals surface area contributed by atoms with Crippen molar-refractivity contribution in [3.63, 3.8) is 0 Å². The van der Waals surface area contributed by atoms with E-state index < -0.39 is 0 Å². The van der Waals surface area contributed by atoms with Crippen molar-refractivity contribution in [1.29, 1.82) is 0 Å². The SMILES string of the molecule is Cc1ccc(C)c(Sc2ncccc2C(=O)NCCSCc2ccco2)c1. The molecule has 1 amide bonds. The van der Waals surface area contributed by atoms with Crippen LogP contribution in [0, 0.1) is 13.8 Å². The minimum atomic E-state index is -0.0884. The Morgan fingerprint density at radius 2 is 2.07 bits per heavy atom. The van der Waals surface area contributed by atoms with Gasteiger partial charge in [-0.25, -0.2) is 4.98 Å². The van der Waals surface area contributed by atoms with Crippen LogP contribution in [-0.4, -0.2) is 23.2 Å². The van der Waals surface area contributed by atoms with Gasteiger partial charge in [-0.3, -0.25) is 4.79 Å². The van der Waals surface area contributed by atoms with Gasteiger partial charge in [-0.1, -0.05) is 23.9 Å². The first-order valence-electron chi connectivity index (χ1n) is 8.72. The number of aryl methyl sites for hydroxylation is 2. The zero-order valence-electron chi connectivity index (χ0n) is 15.4. The van der Waals surface area contributed by atoms with E-state index in [9.17, 15) is 4.79 Å². The molecule has 3 rings (SSSR count). The first-order valence-corrected chi connectivity index (χ1v) is 10.7. The summed E-state index contributed by atoms with van der Waals surface area (Å²) in [5, 5.41) is 3.72. The van der Waals surface area contributed by atoms with Crippen LogP contribution in [0.1, 0.15) is 27.2 Å². The lowest BCUT2D eigenvalue weighted by molar-refractivity contribution is 0.0952. The van der Waals surface area contributed by atoms with E-state index in [1.54, 1.807) is 30.3 Å². The van der Waals surface area contributed by atoms with Crippen LogP contribution in [0.5, 0.6) is 0 Å². The van der Waals surface area contributed by atoms with Gasteiger partial charge in [0.2, 0.25) is 0 Å². The Kier molecular flexibility index (Phi) is 7.01. The summed E-state index contributed by atoms with van der Waals surface area (Å²) in [4.78, 5) is 18.2. The second kappa shape index (κ2) is 9.67. The van der Waals surface area contributed by atoms with Crippen LogP contribution in [0.2, 0.25) is 0 Å².